The Kier molecular flexibility index (Phi) is 3.46. The number of carbonyl (C=O) groups excluding carboxylic acids is 1. The number of aliphatic hydroxyl groups is 1. The minimum atomic E-state index is -0.523. The molecule has 0 saturated carbocycles. The standard InChI is InChI=1S/C18H23NO3/c20-16-7-9-19(12-18(16)8-2-10-22-18)17(21)15-6-5-13-3-1-4-14(13)11-15/h5-6,11,16,20H,1-4,7-10,12H2/t16-,18-/m0/s1. The molecule has 1 aromatic carbocycles. The number of amides is 1. The summed E-state index contributed by atoms with van der Waals surface area (Å²) < 4.78 is 5.84. The molecule has 118 valence electrons. The Hall–Kier alpha value is -1.39. The van der Waals surface area contributed by atoms with E-state index in [1.807, 2.05) is 11.0 Å². The van der Waals surface area contributed by atoms with Gasteiger partial charge in [-0.15, -0.1) is 0 Å². The summed E-state index contributed by atoms with van der Waals surface area (Å²) >= 11 is 0. The van der Waals surface area contributed by atoms with Gasteiger partial charge in [-0.3, -0.25) is 4.79 Å². The second-order valence-corrected chi connectivity index (χ2v) is 6.89. The summed E-state index contributed by atoms with van der Waals surface area (Å²) in [6.45, 7) is 1.82. The maximum atomic E-state index is 12.8. The second-order valence-electron chi connectivity index (χ2n) is 6.89. The van der Waals surface area contributed by atoms with Crippen LogP contribution in [0.15, 0.2) is 18.2 Å². The van der Waals surface area contributed by atoms with Crippen molar-refractivity contribution in [3.63, 3.8) is 0 Å². The molecule has 0 aromatic heterocycles. The Morgan fingerprint density at radius 1 is 1.27 bits per heavy atom. The van der Waals surface area contributed by atoms with Gasteiger partial charge in [-0.05, 0) is 61.8 Å². The normalized spacial score (nSPS) is 30.8. The largest absolute Gasteiger partial charge is 0.390 e. The molecule has 0 bridgehead atoms. The first-order chi connectivity index (χ1) is 10.7. The first-order valence-electron chi connectivity index (χ1n) is 8.41. The van der Waals surface area contributed by atoms with E-state index >= 15 is 0 Å². The monoisotopic (exact) mass is 301 g/mol. The minimum absolute atomic E-state index is 0.0801. The van der Waals surface area contributed by atoms with Gasteiger partial charge < -0.3 is 14.7 Å². The van der Waals surface area contributed by atoms with Gasteiger partial charge in [-0.2, -0.15) is 0 Å². The quantitative estimate of drug-likeness (QED) is 0.862. The number of nitrogens with zero attached hydrogens (tertiary/aromatic N) is 1. The van der Waals surface area contributed by atoms with Gasteiger partial charge in [0, 0.05) is 18.7 Å². The SMILES string of the molecule is O=C(c1ccc2c(c1)CCC2)N1CC[C@H](O)[C@]2(CCCO2)C1. The Labute approximate surface area is 131 Å². The Balaban J connectivity index is 1.55. The molecule has 4 nitrogen and oxygen atoms in total. The first kappa shape index (κ1) is 14.2. The number of aryl methyl sites for hydroxylation is 2. The molecule has 0 unspecified atom stereocenters. The highest BCUT2D eigenvalue weighted by Crippen LogP contribution is 2.35. The molecule has 0 radical (unpaired) electrons. The highest BCUT2D eigenvalue weighted by molar-refractivity contribution is 5.94. The molecule has 4 heteroatoms. The van der Waals surface area contributed by atoms with E-state index in [0.717, 1.165) is 31.2 Å². The van der Waals surface area contributed by atoms with Crippen molar-refractivity contribution in [2.75, 3.05) is 19.7 Å². The van der Waals surface area contributed by atoms with E-state index in [2.05, 4.69) is 12.1 Å². The number of rotatable bonds is 1. The van der Waals surface area contributed by atoms with Crippen LogP contribution in [-0.4, -0.2) is 47.3 Å². The highest BCUT2D eigenvalue weighted by Gasteiger charge is 2.47. The molecule has 1 N–H and O–H groups in total. The van der Waals surface area contributed by atoms with E-state index in [1.54, 1.807) is 0 Å². The maximum Gasteiger partial charge on any atom is 0.253 e. The molecule has 1 aromatic rings. The Bertz CT molecular complexity index is 592. The first-order valence-corrected chi connectivity index (χ1v) is 8.41. The van der Waals surface area contributed by atoms with Crippen molar-refractivity contribution in [1.82, 2.24) is 4.90 Å². The Morgan fingerprint density at radius 3 is 2.95 bits per heavy atom. The number of piperidine rings is 1. The number of likely N-dealkylation sites (tertiary alicyclic amines) is 1. The van der Waals surface area contributed by atoms with Crippen LogP contribution in [0.4, 0.5) is 0 Å². The van der Waals surface area contributed by atoms with Crippen molar-refractivity contribution in [2.24, 2.45) is 0 Å². The van der Waals surface area contributed by atoms with Crippen LogP contribution < -0.4 is 0 Å². The van der Waals surface area contributed by atoms with E-state index in [4.69, 9.17) is 4.74 Å². The van der Waals surface area contributed by atoms with Crippen molar-refractivity contribution < 1.29 is 14.6 Å². The summed E-state index contributed by atoms with van der Waals surface area (Å²) in [5.41, 5.74) is 2.98. The fourth-order valence-corrected chi connectivity index (χ4v) is 4.22. The lowest BCUT2D eigenvalue weighted by atomic mass is 9.86. The number of aliphatic hydroxyl groups excluding tert-OH is 1. The van der Waals surface area contributed by atoms with Crippen LogP contribution in [0.3, 0.4) is 0 Å². The third-order valence-corrected chi connectivity index (χ3v) is 5.50. The fourth-order valence-electron chi connectivity index (χ4n) is 4.22. The molecule has 3 aliphatic rings. The average molecular weight is 301 g/mol. The molecule has 2 aliphatic heterocycles. The second kappa shape index (κ2) is 5.36. The lowest BCUT2D eigenvalue weighted by Crippen LogP contribution is -2.57. The molecule has 2 fully saturated rings. The van der Waals surface area contributed by atoms with Crippen LogP contribution in [0.25, 0.3) is 0 Å². The van der Waals surface area contributed by atoms with Gasteiger partial charge in [0.05, 0.1) is 12.6 Å². The predicted octanol–water partition coefficient (Wildman–Crippen LogP) is 1.93. The third kappa shape index (κ3) is 2.25. The van der Waals surface area contributed by atoms with Crippen LogP contribution >= 0.6 is 0 Å². The number of benzene rings is 1. The van der Waals surface area contributed by atoms with E-state index in [-0.39, 0.29) is 5.91 Å². The minimum Gasteiger partial charge on any atom is -0.390 e. The van der Waals surface area contributed by atoms with Crippen LogP contribution in [0.1, 0.15) is 47.2 Å². The van der Waals surface area contributed by atoms with Gasteiger partial charge in [0.2, 0.25) is 0 Å². The van der Waals surface area contributed by atoms with Crippen molar-refractivity contribution >= 4 is 5.91 Å². The number of ether oxygens (including phenoxy) is 1. The molecule has 22 heavy (non-hydrogen) atoms. The lowest BCUT2D eigenvalue weighted by Gasteiger charge is -2.43. The zero-order chi connectivity index (χ0) is 15.2. The van der Waals surface area contributed by atoms with E-state index in [1.165, 1.54) is 17.5 Å². The number of fused-ring (bicyclic) bond motifs is 1. The molecule has 2 heterocycles. The third-order valence-electron chi connectivity index (χ3n) is 5.50. The van der Waals surface area contributed by atoms with Crippen LogP contribution in [0, 0.1) is 0 Å². The van der Waals surface area contributed by atoms with E-state index in [9.17, 15) is 9.90 Å². The summed E-state index contributed by atoms with van der Waals surface area (Å²) in [6.07, 6.45) is 5.40. The van der Waals surface area contributed by atoms with Gasteiger partial charge >= 0.3 is 0 Å². The maximum absolute atomic E-state index is 12.8. The molecule has 1 spiro atoms. The lowest BCUT2D eigenvalue weighted by molar-refractivity contribution is -0.124. The molecule has 2 saturated heterocycles. The summed E-state index contributed by atoms with van der Waals surface area (Å²) in [5.74, 6) is 0.0801. The van der Waals surface area contributed by atoms with Crippen LogP contribution in [0.5, 0.6) is 0 Å². The molecule has 1 aliphatic carbocycles. The molecular weight excluding hydrogens is 278 g/mol. The zero-order valence-electron chi connectivity index (χ0n) is 12.9. The topological polar surface area (TPSA) is 49.8 Å². The highest BCUT2D eigenvalue weighted by atomic mass is 16.5. The number of carbonyl (C=O) groups is 1. The van der Waals surface area contributed by atoms with Crippen molar-refractivity contribution in [2.45, 2.75) is 50.2 Å². The van der Waals surface area contributed by atoms with E-state index in [0.29, 0.717) is 26.1 Å². The number of hydrogen-bond donors (Lipinski definition) is 1. The fraction of sp³-hybridized carbons (Fsp3) is 0.611. The van der Waals surface area contributed by atoms with Gasteiger partial charge in [-0.1, -0.05) is 6.07 Å². The van der Waals surface area contributed by atoms with Crippen molar-refractivity contribution in [3.8, 4) is 0 Å². The predicted molar refractivity (Wildman–Crippen MR) is 82.9 cm³/mol. The summed E-state index contributed by atoms with van der Waals surface area (Å²) in [6, 6.07) is 6.13. The molecular formula is C18H23NO3. The van der Waals surface area contributed by atoms with Gasteiger partial charge in [0.25, 0.3) is 5.91 Å². The van der Waals surface area contributed by atoms with Gasteiger partial charge in [-0.25, -0.2) is 0 Å². The molecule has 4 rings (SSSR count). The van der Waals surface area contributed by atoms with E-state index < -0.39 is 11.7 Å². The number of hydrogen-bond acceptors (Lipinski definition) is 3. The zero-order valence-corrected chi connectivity index (χ0v) is 12.9. The Morgan fingerprint density at radius 2 is 2.14 bits per heavy atom. The molecule has 2 atom stereocenters. The summed E-state index contributed by atoms with van der Waals surface area (Å²) in [4.78, 5) is 14.7. The summed E-state index contributed by atoms with van der Waals surface area (Å²) in [5, 5.41) is 10.3. The van der Waals surface area contributed by atoms with Gasteiger partial charge in [0.15, 0.2) is 0 Å². The average Bonchev–Trinajstić information content (AvgIpc) is 3.18. The van der Waals surface area contributed by atoms with Crippen LogP contribution in [-0.2, 0) is 17.6 Å². The molecule has 1 amide bonds. The smallest absolute Gasteiger partial charge is 0.253 e. The summed E-state index contributed by atoms with van der Waals surface area (Å²) in [7, 11) is 0. The van der Waals surface area contributed by atoms with Gasteiger partial charge in [0.1, 0.15) is 5.60 Å². The van der Waals surface area contributed by atoms with Crippen molar-refractivity contribution in [3.05, 3.63) is 34.9 Å². The van der Waals surface area contributed by atoms with Crippen LogP contribution in [0.2, 0.25) is 0 Å². The van der Waals surface area contributed by atoms with Crippen molar-refractivity contribution in [1.29, 1.82) is 0 Å².